The summed E-state index contributed by atoms with van der Waals surface area (Å²) in [6.07, 6.45) is 83.4. The monoisotopic (exact) mass is 1060 g/mol. The van der Waals surface area contributed by atoms with E-state index in [9.17, 15) is 14.4 Å². The molecule has 6 heteroatoms. The van der Waals surface area contributed by atoms with Crippen molar-refractivity contribution in [3.8, 4) is 0 Å². The molecule has 1 unspecified atom stereocenters. The van der Waals surface area contributed by atoms with Gasteiger partial charge in [0.1, 0.15) is 13.2 Å². The van der Waals surface area contributed by atoms with Gasteiger partial charge in [-0.1, -0.05) is 299 Å². The van der Waals surface area contributed by atoms with Gasteiger partial charge < -0.3 is 14.2 Å². The van der Waals surface area contributed by atoms with Crippen LogP contribution in [0.5, 0.6) is 0 Å². The molecule has 0 aliphatic carbocycles. The summed E-state index contributed by atoms with van der Waals surface area (Å²) in [4.78, 5) is 38.4. The van der Waals surface area contributed by atoms with Crippen LogP contribution >= 0.6 is 0 Å². The van der Waals surface area contributed by atoms with Gasteiger partial charge in [-0.05, 0) is 89.9 Å². The van der Waals surface area contributed by atoms with Gasteiger partial charge in [-0.15, -0.1) is 0 Å². The number of unbranched alkanes of at least 4 members (excludes halogenated alkanes) is 37. The number of hydrogen-bond acceptors (Lipinski definition) is 6. The topological polar surface area (TPSA) is 78.9 Å². The molecule has 0 saturated heterocycles. The van der Waals surface area contributed by atoms with Crippen molar-refractivity contribution in [2.45, 2.75) is 341 Å². The first-order valence-corrected chi connectivity index (χ1v) is 32.9. The average molecular weight is 1060 g/mol. The van der Waals surface area contributed by atoms with Crippen molar-refractivity contribution in [3.63, 3.8) is 0 Å². The number of rotatable bonds is 60. The second-order valence-corrected chi connectivity index (χ2v) is 22.0. The van der Waals surface area contributed by atoms with E-state index in [2.05, 4.69) is 93.7 Å². The molecule has 0 aromatic carbocycles. The van der Waals surface area contributed by atoms with Crippen molar-refractivity contribution in [2.24, 2.45) is 0 Å². The van der Waals surface area contributed by atoms with E-state index in [0.717, 1.165) is 96.3 Å². The van der Waals surface area contributed by atoms with E-state index in [1.165, 1.54) is 199 Å². The predicted molar refractivity (Wildman–Crippen MR) is 330 cm³/mol. The zero-order valence-electron chi connectivity index (χ0n) is 50.5. The maximum absolute atomic E-state index is 12.9. The minimum Gasteiger partial charge on any atom is -0.462 e. The van der Waals surface area contributed by atoms with E-state index in [0.29, 0.717) is 19.3 Å². The number of carbonyl (C=O) groups is 3. The van der Waals surface area contributed by atoms with Gasteiger partial charge in [0.15, 0.2) is 6.10 Å². The predicted octanol–water partition coefficient (Wildman–Crippen LogP) is 22.5. The molecule has 440 valence electrons. The highest BCUT2D eigenvalue weighted by Gasteiger charge is 2.19. The summed E-state index contributed by atoms with van der Waals surface area (Å²) < 4.78 is 16.9. The van der Waals surface area contributed by atoms with Crippen LogP contribution in [0.2, 0.25) is 0 Å². The zero-order valence-corrected chi connectivity index (χ0v) is 50.5. The van der Waals surface area contributed by atoms with Gasteiger partial charge in [-0.25, -0.2) is 0 Å². The SMILES string of the molecule is CC/C=C\C/C=C\C/C=C\C/C=C\C/C=C\CCCCCC(=O)OC(COC(=O)CCCCCCCCCCC/C=C\CCCCCCCCCC)COC(=O)CCCCCCCCCCCCCCCCCCCC. The van der Waals surface area contributed by atoms with Crippen LogP contribution in [0.25, 0.3) is 0 Å². The average Bonchev–Trinajstić information content (AvgIpc) is 3.42. The molecule has 0 fully saturated rings. The first-order chi connectivity index (χ1) is 37.5. The maximum Gasteiger partial charge on any atom is 0.306 e. The lowest BCUT2D eigenvalue weighted by atomic mass is 10.0. The second kappa shape index (κ2) is 64.4. The van der Waals surface area contributed by atoms with Crippen molar-refractivity contribution < 1.29 is 28.6 Å². The Balaban J connectivity index is 4.40. The quantitative estimate of drug-likeness (QED) is 0.0261. The Hall–Kier alpha value is -3.15. The fourth-order valence-corrected chi connectivity index (χ4v) is 9.53. The normalized spacial score (nSPS) is 12.5. The van der Waals surface area contributed by atoms with Gasteiger partial charge in [-0.3, -0.25) is 14.4 Å². The molecule has 0 N–H and O–H groups in total. The first kappa shape index (κ1) is 72.8. The molecule has 0 amide bonds. The third-order valence-electron chi connectivity index (χ3n) is 14.4. The molecule has 0 aliphatic heterocycles. The number of hydrogen-bond donors (Lipinski definition) is 0. The third-order valence-corrected chi connectivity index (χ3v) is 14.4. The lowest BCUT2D eigenvalue weighted by molar-refractivity contribution is -0.167. The van der Waals surface area contributed by atoms with E-state index < -0.39 is 6.10 Å². The van der Waals surface area contributed by atoms with Crippen molar-refractivity contribution in [2.75, 3.05) is 13.2 Å². The maximum atomic E-state index is 12.9. The minimum atomic E-state index is -0.794. The molecule has 0 spiro atoms. The van der Waals surface area contributed by atoms with E-state index in [1.807, 2.05) is 0 Å². The summed E-state index contributed by atoms with van der Waals surface area (Å²) in [5.41, 5.74) is 0. The molecule has 0 saturated carbocycles. The molecule has 0 rings (SSSR count). The largest absolute Gasteiger partial charge is 0.462 e. The summed E-state index contributed by atoms with van der Waals surface area (Å²) in [7, 11) is 0. The zero-order chi connectivity index (χ0) is 55.0. The number of carbonyl (C=O) groups excluding carboxylic acids is 3. The Morgan fingerprint density at radius 3 is 0.829 bits per heavy atom. The van der Waals surface area contributed by atoms with Crippen LogP contribution in [0.15, 0.2) is 72.9 Å². The Bertz CT molecular complexity index is 1400. The van der Waals surface area contributed by atoms with E-state index in [4.69, 9.17) is 14.2 Å². The van der Waals surface area contributed by atoms with Crippen molar-refractivity contribution >= 4 is 17.9 Å². The van der Waals surface area contributed by atoms with Gasteiger partial charge in [0.05, 0.1) is 0 Å². The van der Waals surface area contributed by atoms with Crippen LogP contribution in [0.3, 0.4) is 0 Å². The fraction of sp³-hybridized carbons (Fsp3) is 0.786. The Morgan fingerprint density at radius 1 is 0.276 bits per heavy atom. The highest BCUT2D eigenvalue weighted by atomic mass is 16.6. The fourth-order valence-electron chi connectivity index (χ4n) is 9.53. The van der Waals surface area contributed by atoms with Gasteiger partial charge >= 0.3 is 17.9 Å². The Morgan fingerprint density at radius 2 is 0.513 bits per heavy atom. The first-order valence-electron chi connectivity index (χ1n) is 32.9. The van der Waals surface area contributed by atoms with E-state index in [1.54, 1.807) is 0 Å². The highest BCUT2D eigenvalue weighted by molar-refractivity contribution is 5.71. The summed E-state index contributed by atoms with van der Waals surface area (Å²) in [5, 5.41) is 0. The minimum absolute atomic E-state index is 0.0863. The summed E-state index contributed by atoms with van der Waals surface area (Å²) >= 11 is 0. The van der Waals surface area contributed by atoms with Gasteiger partial charge in [0, 0.05) is 19.3 Å². The van der Waals surface area contributed by atoms with E-state index in [-0.39, 0.29) is 31.1 Å². The van der Waals surface area contributed by atoms with Crippen LogP contribution in [0.1, 0.15) is 335 Å². The lowest BCUT2D eigenvalue weighted by Gasteiger charge is -2.18. The smallest absolute Gasteiger partial charge is 0.306 e. The van der Waals surface area contributed by atoms with Crippen LogP contribution in [-0.2, 0) is 28.6 Å². The molecule has 0 bridgehead atoms. The molecular formula is C70H124O6. The number of ether oxygens (including phenoxy) is 3. The molecule has 0 heterocycles. The van der Waals surface area contributed by atoms with Crippen molar-refractivity contribution in [1.29, 1.82) is 0 Å². The molecule has 0 aromatic heterocycles. The molecule has 0 radical (unpaired) electrons. The van der Waals surface area contributed by atoms with Crippen molar-refractivity contribution in [3.05, 3.63) is 72.9 Å². The standard InChI is InChI=1S/C70H124O6/c1-4-7-10-13-16-19-22-25-28-31-34-35-37-39-42-45-48-51-54-57-60-63-69(72)75-66-67(65-74-68(71)62-59-56-53-50-47-44-41-38-33-30-27-24-21-18-15-12-9-6-3)76-70(73)64-61-58-55-52-49-46-43-40-36-32-29-26-23-20-17-14-11-8-5-2/h8,11,17,20,26,29,31,34,36,40,46,49,67H,4-7,9-10,12-16,18-19,21-25,27-28,30,32-33,35,37-39,41-45,47-48,50-66H2,1-3H3/b11-8-,20-17-,29-26-,34-31-,40-36-,49-46-. The van der Waals surface area contributed by atoms with Crippen LogP contribution < -0.4 is 0 Å². The van der Waals surface area contributed by atoms with Gasteiger partial charge in [-0.2, -0.15) is 0 Å². The molecule has 0 aromatic rings. The molecule has 0 aliphatic rings. The third kappa shape index (κ3) is 61.7. The van der Waals surface area contributed by atoms with Gasteiger partial charge in [0.25, 0.3) is 0 Å². The van der Waals surface area contributed by atoms with Gasteiger partial charge in [0.2, 0.25) is 0 Å². The Labute approximate surface area is 472 Å². The summed E-state index contributed by atoms with van der Waals surface area (Å²) in [6, 6.07) is 0. The van der Waals surface area contributed by atoms with E-state index >= 15 is 0 Å². The molecular weight excluding hydrogens is 937 g/mol. The number of allylic oxidation sites excluding steroid dienone is 12. The van der Waals surface area contributed by atoms with Crippen LogP contribution in [-0.4, -0.2) is 37.2 Å². The lowest BCUT2D eigenvalue weighted by Crippen LogP contribution is -2.30. The number of esters is 3. The summed E-state index contributed by atoms with van der Waals surface area (Å²) in [5.74, 6) is -0.902. The molecule has 1 atom stereocenters. The molecule has 6 nitrogen and oxygen atoms in total. The highest BCUT2D eigenvalue weighted by Crippen LogP contribution is 2.17. The van der Waals surface area contributed by atoms with Crippen LogP contribution in [0.4, 0.5) is 0 Å². The Kier molecular flexibility index (Phi) is 61.7. The van der Waals surface area contributed by atoms with Crippen LogP contribution in [0, 0.1) is 0 Å². The second-order valence-electron chi connectivity index (χ2n) is 22.0. The molecule has 76 heavy (non-hydrogen) atoms. The van der Waals surface area contributed by atoms with Crippen molar-refractivity contribution in [1.82, 2.24) is 0 Å². The summed E-state index contributed by atoms with van der Waals surface area (Å²) in [6.45, 7) is 6.55.